The Morgan fingerprint density at radius 2 is 2.42 bits per heavy atom. The van der Waals surface area contributed by atoms with Gasteiger partial charge in [-0.25, -0.2) is 0 Å². The predicted octanol–water partition coefficient (Wildman–Crippen LogP) is -0.362. The number of hydrogen-bond donors (Lipinski definition) is 3. The fourth-order valence-corrected chi connectivity index (χ4v) is 1.65. The van der Waals surface area contributed by atoms with Crippen molar-refractivity contribution in [3.63, 3.8) is 0 Å². The zero-order valence-electron chi connectivity index (χ0n) is 7.45. The van der Waals surface area contributed by atoms with Crippen molar-refractivity contribution in [2.24, 2.45) is 0 Å². The van der Waals surface area contributed by atoms with E-state index in [-0.39, 0.29) is 6.10 Å². The number of nitrogens with zero attached hydrogens (tertiary/aromatic N) is 1. The summed E-state index contributed by atoms with van der Waals surface area (Å²) in [7, 11) is 1.91. The SMILES string of the molecule is CNCC1CCC(O)CN1C=N. The van der Waals surface area contributed by atoms with Gasteiger partial charge in [-0.05, 0) is 19.9 Å². The van der Waals surface area contributed by atoms with Crippen molar-refractivity contribution in [3.8, 4) is 0 Å². The Bertz CT molecular complexity index is 151. The number of hydrogen-bond acceptors (Lipinski definition) is 3. The Kier molecular flexibility index (Phi) is 3.49. The molecule has 0 radical (unpaired) electrons. The van der Waals surface area contributed by atoms with E-state index >= 15 is 0 Å². The molecular weight excluding hydrogens is 154 g/mol. The van der Waals surface area contributed by atoms with Gasteiger partial charge in [0, 0.05) is 19.1 Å². The fourth-order valence-electron chi connectivity index (χ4n) is 1.65. The van der Waals surface area contributed by atoms with Crippen LogP contribution in [0.2, 0.25) is 0 Å². The van der Waals surface area contributed by atoms with Crippen LogP contribution in [0.25, 0.3) is 0 Å². The lowest BCUT2D eigenvalue weighted by molar-refractivity contribution is 0.0769. The standard InChI is InChI=1S/C8H17N3O/c1-10-4-7-2-3-8(12)5-11(7)6-9/h6-10,12H,2-5H2,1H3. The first-order valence-electron chi connectivity index (χ1n) is 4.37. The molecule has 4 heteroatoms. The van der Waals surface area contributed by atoms with E-state index in [9.17, 15) is 5.11 Å². The van der Waals surface area contributed by atoms with Gasteiger partial charge >= 0.3 is 0 Å². The molecule has 0 spiro atoms. The molecule has 0 aromatic rings. The molecule has 12 heavy (non-hydrogen) atoms. The average molecular weight is 171 g/mol. The van der Waals surface area contributed by atoms with Gasteiger partial charge in [-0.1, -0.05) is 0 Å². The van der Waals surface area contributed by atoms with Crippen molar-refractivity contribution < 1.29 is 5.11 Å². The van der Waals surface area contributed by atoms with Crippen LogP contribution in [0.5, 0.6) is 0 Å². The highest BCUT2D eigenvalue weighted by atomic mass is 16.3. The number of rotatable bonds is 3. The maximum atomic E-state index is 9.33. The molecule has 1 aliphatic heterocycles. The van der Waals surface area contributed by atoms with Gasteiger partial charge in [-0.2, -0.15) is 0 Å². The second-order valence-corrected chi connectivity index (χ2v) is 3.27. The lowest BCUT2D eigenvalue weighted by Crippen LogP contribution is -2.48. The molecule has 1 aliphatic rings. The third-order valence-electron chi connectivity index (χ3n) is 2.33. The van der Waals surface area contributed by atoms with E-state index in [0.717, 1.165) is 19.4 Å². The fraction of sp³-hybridized carbons (Fsp3) is 0.875. The number of β-amino-alcohol motifs (C(OH)–C–C–N with tert-alkyl or cyclic N) is 1. The van der Waals surface area contributed by atoms with Crippen LogP contribution in [0, 0.1) is 5.41 Å². The lowest BCUT2D eigenvalue weighted by Gasteiger charge is -2.36. The summed E-state index contributed by atoms with van der Waals surface area (Å²) in [5.74, 6) is 0. The summed E-state index contributed by atoms with van der Waals surface area (Å²) in [6.45, 7) is 1.50. The summed E-state index contributed by atoms with van der Waals surface area (Å²) in [5.41, 5.74) is 0. The van der Waals surface area contributed by atoms with Crippen LogP contribution in [0.4, 0.5) is 0 Å². The topological polar surface area (TPSA) is 59.4 Å². The first kappa shape index (κ1) is 9.48. The first-order chi connectivity index (χ1) is 5.77. The normalized spacial score (nSPS) is 30.3. The van der Waals surface area contributed by atoms with Crippen molar-refractivity contribution in [1.29, 1.82) is 5.41 Å². The summed E-state index contributed by atoms with van der Waals surface area (Å²) in [4.78, 5) is 1.89. The smallest absolute Gasteiger partial charge is 0.0821 e. The Balaban J connectivity index is 2.44. The molecule has 1 saturated heterocycles. The van der Waals surface area contributed by atoms with Crippen LogP contribution < -0.4 is 5.32 Å². The number of nitrogens with one attached hydrogen (secondary N) is 2. The van der Waals surface area contributed by atoms with E-state index in [1.54, 1.807) is 0 Å². The number of likely N-dealkylation sites (tertiary alicyclic amines) is 1. The molecule has 1 rings (SSSR count). The Morgan fingerprint density at radius 3 is 3.00 bits per heavy atom. The van der Waals surface area contributed by atoms with Gasteiger partial charge in [-0.3, -0.25) is 5.41 Å². The van der Waals surface area contributed by atoms with Crippen LogP contribution in [-0.2, 0) is 0 Å². The van der Waals surface area contributed by atoms with Gasteiger partial charge < -0.3 is 15.3 Å². The van der Waals surface area contributed by atoms with E-state index in [2.05, 4.69) is 5.32 Å². The average Bonchev–Trinajstić information content (AvgIpc) is 2.08. The molecule has 70 valence electrons. The largest absolute Gasteiger partial charge is 0.391 e. The monoisotopic (exact) mass is 171 g/mol. The molecule has 1 fully saturated rings. The van der Waals surface area contributed by atoms with Crippen LogP contribution in [0.3, 0.4) is 0 Å². The van der Waals surface area contributed by atoms with Gasteiger partial charge in [0.05, 0.1) is 12.4 Å². The number of aliphatic hydroxyl groups excluding tert-OH is 1. The highest BCUT2D eigenvalue weighted by Gasteiger charge is 2.24. The Labute approximate surface area is 73.1 Å². The van der Waals surface area contributed by atoms with Gasteiger partial charge in [0.25, 0.3) is 0 Å². The lowest BCUT2D eigenvalue weighted by atomic mass is 10.0. The molecule has 3 N–H and O–H groups in total. The third-order valence-corrected chi connectivity index (χ3v) is 2.33. The van der Waals surface area contributed by atoms with Crippen LogP contribution >= 0.6 is 0 Å². The quantitative estimate of drug-likeness (QED) is 0.401. The van der Waals surface area contributed by atoms with E-state index in [4.69, 9.17) is 5.41 Å². The molecule has 0 aromatic carbocycles. The molecule has 0 saturated carbocycles. The molecule has 2 atom stereocenters. The minimum Gasteiger partial charge on any atom is -0.391 e. The molecule has 2 unspecified atom stereocenters. The molecule has 0 amide bonds. The maximum Gasteiger partial charge on any atom is 0.0821 e. The van der Waals surface area contributed by atoms with Crippen molar-refractivity contribution in [3.05, 3.63) is 0 Å². The Morgan fingerprint density at radius 1 is 1.67 bits per heavy atom. The van der Waals surface area contributed by atoms with Gasteiger partial charge in [-0.15, -0.1) is 0 Å². The highest BCUT2D eigenvalue weighted by Crippen LogP contribution is 2.14. The summed E-state index contributed by atoms with van der Waals surface area (Å²) >= 11 is 0. The predicted molar refractivity (Wildman–Crippen MR) is 48.4 cm³/mol. The summed E-state index contributed by atoms with van der Waals surface area (Å²) in [5, 5.41) is 19.6. The molecule has 0 aromatic heterocycles. The van der Waals surface area contributed by atoms with Crippen molar-refractivity contribution in [2.45, 2.75) is 25.0 Å². The zero-order chi connectivity index (χ0) is 8.97. The number of piperidine rings is 1. The summed E-state index contributed by atoms with van der Waals surface area (Å²) < 4.78 is 0. The van der Waals surface area contributed by atoms with Crippen molar-refractivity contribution in [1.82, 2.24) is 10.2 Å². The Hall–Kier alpha value is -0.610. The highest BCUT2D eigenvalue weighted by molar-refractivity contribution is 5.51. The van der Waals surface area contributed by atoms with E-state index in [0.29, 0.717) is 12.6 Å². The maximum absolute atomic E-state index is 9.33. The van der Waals surface area contributed by atoms with Gasteiger partial charge in [0.15, 0.2) is 0 Å². The zero-order valence-corrected chi connectivity index (χ0v) is 7.45. The van der Waals surface area contributed by atoms with E-state index in [1.165, 1.54) is 6.34 Å². The second kappa shape index (κ2) is 4.42. The first-order valence-corrected chi connectivity index (χ1v) is 4.37. The molecule has 0 aliphatic carbocycles. The second-order valence-electron chi connectivity index (χ2n) is 3.27. The number of likely N-dealkylation sites (N-methyl/N-ethyl adjacent to an activating group) is 1. The molecule has 1 heterocycles. The molecule has 0 bridgehead atoms. The van der Waals surface area contributed by atoms with Gasteiger partial charge in [0.1, 0.15) is 0 Å². The minimum atomic E-state index is -0.250. The van der Waals surface area contributed by atoms with E-state index < -0.39 is 0 Å². The molecule has 4 nitrogen and oxygen atoms in total. The van der Waals surface area contributed by atoms with Crippen LogP contribution in [-0.4, -0.2) is 48.6 Å². The summed E-state index contributed by atoms with van der Waals surface area (Å²) in [6, 6.07) is 0.385. The van der Waals surface area contributed by atoms with Gasteiger partial charge in [0.2, 0.25) is 0 Å². The summed E-state index contributed by atoms with van der Waals surface area (Å²) in [6.07, 6.45) is 2.90. The van der Waals surface area contributed by atoms with Crippen molar-refractivity contribution >= 4 is 6.34 Å². The minimum absolute atomic E-state index is 0.250. The van der Waals surface area contributed by atoms with Crippen LogP contribution in [0.15, 0.2) is 0 Å². The van der Waals surface area contributed by atoms with E-state index in [1.807, 2.05) is 11.9 Å². The van der Waals surface area contributed by atoms with Crippen molar-refractivity contribution in [2.75, 3.05) is 20.1 Å². The number of aliphatic hydroxyl groups is 1. The van der Waals surface area contributed by atoms with Crippen LogP contribution in [0.1, 0.15) is 12.8 Å². The third kappa shape index (κ3) is 2.19. The molecular formula is C8H17N3O.